The number of aromatic nitrogens is 2. The number of hydrazone groups is 1. The molecule has 0 fully saturated rings. The number of nitrogens with zero attached hydrogens (tertiary/aromatic N) is 3. The molecule has 0 atom stereocenters. The fraction of sp³-hybridized carbons (Fsp3) is 0.167. The minimum atomic E-state index is 0.254. The molecule has 0 bridgehead atoms. The van der Waals surface area contributed by atoms with Crippen molar-refractivity contribution in [3.8, 4) is 0 Å². The van der Waals surface area contributed by atoms with Crippen LogP contribution in [0.1, 0.15) is 5.82 Å². The number of thioether (sulfide) groups is 1. The van der Waals surface area contributed by atoms with Crippen LogP contribution in [0.5, 0.6) is 0 Å². The van der Waals surface area contributed by atoms with Crippen LogP contribution in [0.3, 0.4) is 0 Å². The second kappa shape index (κ2) is 5.23. The van der Waals surface area contributed by atoms with E-state index in [9.17, 15) is 0 Å². The number of amidine groups is 1. The average molecular weight is 252 g/mol. The number of halogens is 2. The summed E-state index contributed by atoms with van der Waals surface area (Å²) in [5.41, 5.74) is 5.36. The highest BCUT2D eigenvalue weighted by atomic mass is 35.5. The van der Waals surface area contributed by atoms with Gasteiger partial charge < -0.3 is 11.6 Å². The zero-order valence-electron chi connectivity index (χ0n) is 6.94. The molecule has 0 radical (unpaired) electrons. The van der Waals surface area contributed by atoms with Gasteiger partial charge in [-0.15, -0.1) is 0 Å². The molecular formula is C6H7Cl2N5S. The standard InChI is InChI=1S/C6H7Cl2N5S/c7-3-1-4(8)12-5(11-3)2-14-6(9)13-10/h1H,2,10H2,(H2,9,13). The second-order valence-electron chi connectivity index (χ2n) is 2.19. The molecule has 14 heavy (non-hydrogen) atoms. The van der Waals surface area contributed by atoms with Gasteiger partial charge in [-0.1, -0.05) is 35.0 Å². The number of rotatable bonds is 2. The van der Waals surface area contributed by atoms with Crippen molar-refractivity contribution in [1.29, 1.82) is 0 Å². The summed E-state index contributed by atoms with van der Waals surface area (Å²) in [5.74, 6) is 5.85. The van der Waals surface area contributed by atoms with Crippen molar-refractivity contribution in [2.75, 3.05) is 0 Å². The first kappa shape index (κ1) is 11.4. The maximum absolute atomic E-state index is 5.67. The minimum Gasteiger partial charge on any atom is -0.377 e. The molecule has 0 amide bonds. The molecule has 0 saturated carbocycles. The Balaban J connectivity index is 2.67. The third kappa shape index (κ3) is 3.57. The van der Waals surface area contributed by atoms with Gasteiger partial charge in [0, 0.05) is 6.07 Å². The van der Waals surface area contributed by atoms with Crippen LogP contribution in [-0.2, 0) is 5.75 Å². The molecule has 0 spiro atoms. The fourth-order valence-corrected chi connectivity index (χ4v) is 1.61. The maximum atomic E-state index is 5.67. The Kier molecular flexibility index (Phi) is 4.24. The van der Waals surface area contributed by atoms with Crippen LogP contribution >= 0.6 is 35.0 Å². The minimum absolute atomic E-state index is 0.254. The molecule has 0 aromatic carbocycles. The van der Waals surface area contributed by atoms with Crippen molar-refractivity contribution in [3.63, 3.8) is 0 Å². The predicted octanol–water partition coefficient (Wildman–Crippen LogP) is 1.21. The smallest absolute Gasteiger partial charge is 0.177 e. The SMILES string of the molecule is N/N=C(/N)SCc1nc(Cl)cc(Cl)n1. The molecule has 76 valence electrons. The van der Waals surface area contributed by atoms with E-state index < -0.39 is 0 Å². The molecule has 0 aliphatic rings. The first-order valence-corrected chi connectivity index (χ1v) is 5.21. The van der Waals surface area contributed by atoms with E-state index in [4.69, 9.17) is 34.8 Å². The molecule has 0 saturated heterocycles. The van der Waals surface area contributed by atoms with Crippen LogP contribution in [0.2, 0.25) is 10.3 Å². The molecule has 5 nitrogen and oxygen atoms in total. The first-order chi connectivity index (χ1) is 6.61. The molecule has 8 heteroatoms. The van der Waals surface area contributed by atoms with Gasteiger partial charge in [0.15, 0.2) is 5.17 Å². The van der Waals surface area contributed by atoms with Gasteiger partial charge in [0.25, 0.3) is 0 Å². The molecule has 0 aliphatic heterocycles. The van der Waals surface area contributed by atoms with Crippen molar-refractivity contribution < 1.29 is 0 Å². The molecule has 4 N–H and O–H groups in total. The number of hydrogen-bond donors (Lipinski definition) is 2. The summed E-state index contributed by atoms with van der Waals surface area (Å²) in [6.45, 7) is 0. The van der Waals surface area contributed by atoms with Crippen LogP contribution in [-0.4, -0.2) is 15.1 Å². The second-order valence-corrected chi connectivity index (χ2v) is 3.96. The molecule has 0 unspecified atom stereocenters. The lowest BCUT2D eigenvalue weighted by Gasteiger charge is -2.00. The van der Waals surface area contributed by atoms with E-state index in [1.807, 2.05) is 0 Å². The van der Waals surface area contributed by atoms with E-state index in [2.05, 4.69) is 15.1 Å². The van der Waals surface area contributed by atoms with Gasteiger partial charge in [0.05, 0.1) is 5.75 Å². The molecule has 1 heterocycles. The van der Waals surface area contributed by atoms with E-state index in [1.165, 1.54) is 17.8 Å². The van der Waals surface area contributed by atoms with Crippen LogP contribution in [0.15, 0.2) is 11.2 Å². The Labute approximate surface area is 94.9 Å². The first-order valence-electron chi connectivity index (χ1n) is 3.47. The summed E-state index contributed by atoms with van der Waals surface area (Å²) in [4.78, 5) is 7.88. The van der Waals surface area contributed by atoms with Crippen LogP contribution in [0, 0.1) is 0 Å². The molecule has 1 aromatic heterocycles. The van der Waals surface area contributed by atoms with Crippen LogP contribution < -0.4 is 11.6 Å². The van der Waals surface area contributed by atoms with Gasteiger partial charge in [-0.25, -0.2) is 9.97 Å². The molecule has 1 aromatic rings. The fourth-order valence-electron chi connectivity index (χ4n) is 0.675. The number of nitrogens with two attached hydrogens (primary N) is 2. The zero-order valence-corrected chi connectivity index (χ0v) is 9.27. The van der Waals surface area contributed by atoms with Crippen molar-refractivity contribution in [2.45, 2.75) is 5.75 Å². The normalized spacial score (nSPS) is 11.7. The van der Waals surface area contributed by atoms with Gasteiger partial charge in [-0.05, 0) is 0 Å². The highest BCUT2D eigenvalue weighted by Gasteiger charge is 2.03. The molecular weight excluding hydrogens is 245 g/mol. The van der Waals surface area contributed by atoms with Gasteiger partial charge in [-0.3, -0.25) is 0 Å². The Morgan fingerprint density at radius 2 is 2.00 bits per heavy atom. The lowest BCUT2D eigenvalue weighted by molar-refractivity contribution is 1.04. The van der Waals surface area contributed by atoms with Gasteiger partial charge >= 0.3 is 0 Å². The Hall–Kier alpha value is -0.720. The van der Waals surface area contributed by atoms with E-state index in [0.717, 1.165) is 0 Å². The Morgan fingerprint density at radius 3 is 2.50 bits per heavy atom. The van der Waals surface area contributed by atoms with Gasteiger partial charge in [-0.2, -0.15) is 5.10 Å². The lowest BCUT2D eigenvalue weighted by Crippen LogP contribution is -2.10. The highest BCUT2D eigenvalue weighted by Crippen LogP contribution is 2.15. The maximum Gasteiger partial charge on any atom is 0.177 e. The highest BCUT2D eigenvalue weighted by molar-refractivity contribution is 8.13. The van der Waals surface area contributed by atoms with E-state index in [-0.39, 0.29) is 5.17 Å². The lowest BCUT2D eigenvalue weighted by atomic mass is 10.6. The van der Waals surface area contributed by atoms with Crippen molar-refractivity contribution in [2.24, 2.45) is 16.7 Å². The third-order valence-electron chi connectivity index (χ3n) is 1.19. The Morgan fingerprint density at radius 1 is 1.43 bits per heavy atom. The Bertz CT molecular complexity index is 336. The largest absolute Gasteiger partial charge is 0.377 e. The summed E-state index contributed by atoms with van der Waals surface area (Å²) >= 11 is 12.5. The monoisotopic (exact) mass is 251 g/mol. The predicted molar refractivity (Wildman–Crippen MR) is 59.2 cm³/mol. The van der Waals surface area contributed by atoms with Crippen molar-refractivity contribution in [1.82, 2.24) is 9.97 Å². The van der Waals surface area contributed by atoms with Crippen LogP contribution in [0.25, 0.3) is 0 Å². The number of hydrogen-bond acceptors (Lipinski definition) is 5. The molecule has 1 rings (SSSR count). The average Bonchev–Trinajstić information content (AvgIpc) is 2.12. The van der Waals surface area contributed by atoms with Gasteiger partial charge in [0.2, 0.25) is 0 Å². The van der Waals surface area contributed by atoms with Gasteiger partial charge in [0.1, 0.15) is 16.1 Å². The summed E-state index contributed by atoms with van der Waals surface area (Å²) in [6, 6.07) is 1.46. The van der Waals surface area contributed by atoms with Crippen LogP contribution in [0.4, 0.5) is 0 Å². The topological polar surface area (TPSA) is 90.2 Å². The van der Waals surface area contributed by atoms with Crippen molar-refractivity contribution >= 4 is 40.1 Å². The third-order valence-corrected chi connectivity index (χ3v) is 2.38. The quantitative estimate of drug-likeness (QED) is 0.271. The zero-order chi connectivity index (χ0) is 10.6. The summed E-state index contributed by atoms with van der Waals surface area (Å²) in [7, 11) is 0. The van der Waals surface area contributed by atoms with E-state index in [1.54, 1.807) is 0 Å². The summed E-state index contributed by atoms with van der Waals surface area (Å²) in [6.07, 6.45) is 0. The summed E-state index contributed by atoms with van der Waals surface area (Å²) in [5, 5.41) is 4.13. The molecule has 0 aliphatic carbocycles. The van der Waals surface area contributed by atoms with E-state index in [0.29, 0.717) is 21.9 Å². The van der Waals surface area contributed by atoms with Crippen molar-refractivity contribution in [3.05, 3.63) is 22.2 Å². The van der Waals surface area contributed by atoms with E-state index >= 15 is 0 Å². The summed E-state index contributed by atoms with van der Waals surface area (Å²) < 4.78 is 0.